The van der Waals surface area contributed by atoms with Gasteiger partial charge in [0, 0.05) is 12.1 Å². The predicted molar refractivity (Wildman–Crippen MR) is 108 cm³/mol. The third-order valence-electron chi connectivity index (χ3n) is 4.30. The first-order valence-corrected chi connectivity index (χ1v) is 8.87. The maximum atomic E-state index is 12.0. The van der Waals surface area contributed by atoms with Gasteiger partial charge in [-0.3, -0.25) is 10.0 Å². The van der Waals surface area contributed by atoms with Crippen molar-refractivity contribution >= 4 is 23.8 Å². The maximum Gasteiger partial charge on any atom is 0.330 e. The SMILES string of the molecule is COc1cc(CCC(=O)O)c(C(Nc2ccc(/C=N\NO)cc2)C(=O)O)cc1OC. The van der Waals surface area contributed by atoms with Crippen molar-refractivity contribution in [3.63, 3.8) is 0 Å². The van der Waals surface area contributed by atoms with Crippen LogP contribution in [0.4, 0.5) is 5.69 Å². The Bertz CT molecular complexity index is 913. The van der Waals surface area contributed by atoms with Gasteiger partial charge in [0.05, 0.1) is 20.4 Å². The number of benzene rings is 2. The Balaban J connectivity index is 2.42. The monoisotopic (exact) mass is 417 g/mol. The van der Waals surface area contributed by atoms with E-state index in [1.165, 1.54) is 26.5 Å². The molecule has 0 saturated heterocycles. The Labute approximate surface area is 172 Å². The van der Waals surface area contributed by atoms with Crippen LogP contribution in [0.5, 0.6) is 11.5 Å². The van der Waals surface area contributed by atoms with Gasteiger partial charge >= 0.3 is 11.9 Å². The number of rotatable bonds is 11. The van der Waals surface area contributed by atoms with Crippen molar-refractivity contribution in [2.24, 2.45) is 5.10 Å². The van der Waals surface area contributed by atoms with Gasteiger partial charge in [-0.25, -0.2) is 4.79 Å². The fourth-order valence-electron chi connectivity index (χ4n) is 2.87. The van der Waals surface area contributed by atoms with E-state index in [0.717, 1.165) is 0 Å². The summed E-state index contributed by atoms with van der Waals surface area (Å²) < 4.78 is 10.6. The molecule has 0 aliphatic carbocycles. The van der Waals surface area contributed by atoms with Gasteiger partial charge in [0.1, 0.15) is 0 Å². The third-order valence-corrected chi connectivity index (χ3v) is 4.30. The number of hydrazone groups is 1. The summed E-state index contributed by atoms with van der Waals surface area (Å²) in [5.41, 5.74) is 3.76. The standard InChI is InChI=1S/C20H23N3O7/c1-29-16-9-13(5-8-18(24)25)15(10-17(16)30-2)19(20(26)27)22-14-6-3-12(4-7-14)11-21-23-28/h3-4,6-7,9-11,19,22-23,28H,5,8H2,1-2H3,(H,24,25)(H,26,27)/b21-11-. The number of nitrogens with zero attached hydrogens (tertiary/aromatic N) is 1. The quantitative estimate of drug-likeness (QED) is 0.274. The van der Waals surface area contributed by atoms with Gasteiger partial charge in [-0.15, -0.1) is 0 Å². The summed E-state index contributed by atoms with van der Waals surface area (Å²) in [6.07, 6.45) is 1.35. The lowest BCUT2D eigenvalue weighted by molar-refractivity contribution is -0.138. The number of carbonyl (C=O) groups is 2. The molecule has 2 rings (SSSR count). The van der Waals surface area contributed by atoms with Gasteiger partial charge in [0.15, 0.2) is 17.5 Å². The lowest BCUT2D eigenvalue weighted by Crippen LogP contribution is -2.22. The lowest BCUT2D eigenvalue weighted by Gasteiger charge is -2.21. The Kier molecular flexibility index (Phi) is 8.00. The number of aryl methyl sites for hydroxylation is 1. The molecule has 0 bridgehead atoms. The largest absolute Gasteiger partial charge is 0.493 e. The summed E-state index contributed by atoms with van der Waals surface area (Å²) >= 11 is 0. The summed E-state index contributed by atoms with van der Waals surface area (Å²) in [5, 5.41) is 33.8. The number of nitrogens with one attached hydrogen (secondary N) is 2. The number of aliphatic carboxylic acids is 2. The van der Waals surface area contributed by atoms with Crippen molar-refractivity contribution in [1.82, 2.24) is 5.59 Å². The number of hydrogen-bond donors (Lipinski definition) is 5. The topological polar surface area (TPSA) is 150 Å². The lowest BCUT2D eigenvalue weighted by atomic mass is 9.95. The molecule has 0 aromatic heterocycles. The number of anilines is 1. The van der Waals surface area contributed by atoms with E-state index in [1.54, 1.807) is 35.9 Å². The molecular formula is C20H23N3O7. The molecule has 30 heavy (non-hydrogen) atoms. The second-order valence-electron chi connectivity index (χ2n) is 6.20. The molecule has 0 heterocycles. The van der Waals surface area contributed by atoms with E-state index in [-0.39, 0.29) is 12.8 Å². The Morgan fingerprint density at radius 2 is 1.73 bits per heavy atom. The molecule has 10 nitrogen and oxygen atoms in total. The Morgan fingerprint density at radius 3 is 2.27 bits per heavy atom. The first-order chi connectivity index (χ1) is 14.4. The van der Waals surface area contributed by atoms with Gasteiger partial charge in [0.2, 0.25) is 0 Å². The van der Waals surface area contributed by atoms with Crippen LogP contribution < -0.4 is 20.4 Å². The van der Waals surface area contributed by atoms with Crippen LogP contribution in [-0.4, -0.2) is 47.8 Å². The molecule has 1 atom stereocenters. The molecule has 2 aromatic carbocycles. The van der Waals surface area contributed by atoms with E-state index in [9.17, 15) is 14.7 Å². The van der Waals surface area contributed by atoms with Gasteiger partial charge in [-0.05, 0) is 47.4 Å². The molecule has 1 unspecified atom stereocenters. The molecule has 0 fully saturated rings. The van der Waals surface area contributed by atoms with Crippen molar-refractivity contribution in [2.45, 2.75) is 18.9 Å². The molecule has 160 valence electrons. The molecule has 10 heteroatoms. The highest BCUT2D eigenvalue weighted by Crippen LogP contribution is 2.35. The highest BCUT2D eigenvalue weighted by molar-refractivity contribution is 5.82. The fourth-order valence-corrected chi connectivity index (χ4v) is 2.87. The smallest absolute Gasteiger partial charge is 0.330 e. The second kappa shape index (κ2) is 10.7. The van der Waals surface area contributed by atoms with E-state index in [4.69, 9.17) is 19.8 Å². The Hall–Kier alpha value is -3.79. The molecule has 0 aliphatic heterocycles. The van der Waals surface area contributed by atoms with E-state index < -0.39 is 18.0 Å². The zero-order valence-corrected chi connectivity index (χ0v) is 16.5. The number of methoxy groups -OCH3 is 2. The van der Waals surface area contributed by atoms with Crippen LogP contribution in [0, 0.1) is 0 Å². The van der Waals surface area contributed by atoms with Crippen molar-refractivity contribution in [2.75, 3.05) is 19.5 Å². The van der Waals surface area contributed by atoms with E-state index in [1.807, 2.05) is 0 Å². The van der Waals surface area contributed by atoms with E-state index >= 15 is 0 Å². The van der Waals surface area contributed by atoms with Crippen LogP contribution in [0.25, 0.3) is 0 Å². The summed E-state index contributed by atoms with van der Waals surface area (Å²) in [4.78, 5) is 23.1. The van der Waals surface area contributed by atoms with E-state index in [2.05, 4.69) is 10.4 Å². The van der Waals surface area contributed by atoms with Crippen LogP contribution >= 0.6 is 0 Å². The summed E-state index contributed by atoms with van der Waals surface area (Å²) in [5.74, 6) is -1.42. The minimum Gasteiger partial charge on any atom is -0.493 e. The van der Waals surface area contributed by atoms with E-state index in [0.29, 0.717) is 33.9 Å². The summed E-state index contributed by atoms with van der Waals surface area (Å²) in [7, 11) is 2.88. The number of carboxylic acid groups (broad SMARTS) is 2. The third kappa shape index (κ3) is 5.85. The first-order valence-electron chi connectivity index (χ1n) is 8.87. The molecule has 0 saturated carbocycles. The zero-order chi connectivity index (χ0) is 22.1. The molecule has 2 aromatic rings. The van der Waals surface area contributed by atoms with Gasteiger partial charge in [-0.1, -0.05) is 12.1 Å². The van der Waals surface area contributed by atoms with Crippen molar-refractivity contribution in [1.29, 1.82) is 0 Å². The molecule has 5 N–H and O–H groups in total. The van der Waals surface area contributed by atoms with Crippen LogP contribution in [0.15, 0.2) is 41.5 Å². The number of carboxylic acids is 2. The van der Waals surface area contributed by atoms with Crippen LogP contribution in [0.3, 0.4) is 0 Å². The number of hydrogen-bond acceptors (Lipinski definition) is 8. The minimum atomic E-state index is -1.16. The first kappa shape index (κ1) is 22.5. The molecular weight excluding hydrogens is 394 g/mol. The minimum absolute atomic E-state index is 0.125. The second-order valence-corrected chi connectivity index (χ2v) is 6.20. The van der Waals surface area contributed by atoms with Gasteiger partial charge in [-0.2, -0.15) is 10.7 Å². The van der Waals surface area contributed by atoms with Crippen LogP contribution in [-0.2, 0) is 16.0 Å². The molecule has 0 aliphatic rings. The fraction of sp³-hybridized carbons (Fsp3) is 0.250. The highest BCUT2D eigenvalue weighted by atomic mass is 16.5. The average molecular weight is 417 g/mol. The zero-order valence-electron chi connectivity index (χ0n) is 16.5. The average Bonchev–Trinajstić information content (AvgIpc) is 2.74. The van der Waals surface area contributed by atoms with Crippen molar-refractivity contribution in [3.05, 3.63) is 53.1 Å². The predicted octanol–water partition coefficient (Wildman–Crippen LogP) is 2.27. The summed E-state index contributed by atoms with van der Waals surface area (Å²) in [6.45, 7) is 0. The van der Waals surface area contributed by atoms with Crippen molar-refractivity contribution < 1.29 is 34.5 Å². The van der Waals surface area contributed by atoms with Crippen LogP contribution in [0.1, 0.15) is 29.2 Å². The molecule has 0 amide bonds. The molecule has 0 radical (unpaired) electrons. The summed E-state index contributed by atoms with van der Waals surface area (Å²) in [6, 6.07) is 8.65. The highest BCUT2D eigenvalue weighted by Gasteiger charge is 2.25. The van der Waals surface area contributed by atoms with Crippen LogP contribution in [0.2, 0.25) is 0 Å². The maximum absolute atomic E-state index is 12.0. The van der Waals surface area contributed by atoms with Gasteiger partial charge in [0.25, 0.3) is 0 Å². The molecule has 0 spiro atoms. The normalized spacial score (nSPS) is 11.7. The van der Waals surface area contributed by atoms with Gasteiger partial charge < -0.3 is 25.0 Å². The van der Waals surface area contributed by atoms with Crippen molar-refractivity contribution in [3.8, 4) is 11.5 Å². The number of ether oxygens (including phenoxy) is 2. The Morgan fingerprint density at radius 1 is 1.10 bits per heavy atom.